The van der Waals surface area contributed by atoms with Gasteiger partial charge in [0, 0.05) is 6.54 Å². The number of nitrogens with one attached hydrogen (secondary N) is 1. The number of hydrogen-bond donors (Lipinski definition) is 6. The molecule has 3 aliphatic heterocycles. The van der Waals surface area contributed by atoms with Crippen molar-refractivity contribution >= 4 is 36.5 Å². The molecular weight excluding hydrogens is 376 g/mol. The molecule has 0 aromatic carbocycles. The average Bonchev–Trinajstić information content (AvgIpc) is 3.15. The molecule has 12 heteroatoms. The molecule has 3 aliphatic rings. The van der Waals surface area contributed by atoms with Crippen molar-refractivity contribution in [1.82, 2.24) is 10.2 Å². The normalized spacial score (nSPS) is 36.4. The fourth-order valence-electron chi connectivity index (χ4n) is 3.26. The van der Waals surface area contributed by atoms with Crippen molar-refractivity contribution in [2.24, 2.45) is 20.7 Å². The number of nitrogens with zero attached hydrogens (tertiary/aromatic N) is 4. The number of hydrogen-bond acceptors (Lipinski definition) is 11. The van der Waals surface area contributed by atoms with E-state index in [4.69, 9.17) is 10.5 Å². The Morgan fingerprint density at radius 1 is 1.56 bits per heavy atom. The Balaban J connectivity index is 1.67. The summed E-state index contributed by atoms with van der Waals surface area (Å²) >= 11 is 4.04. The van der Waals surface area contributed by atoms with Crippen molar-refractivity contribution in [2.75, 3.05) is 19.0 Å². The van der Waals surface area contributed by atoms with Gasteiger partial charge in [-0.25, -0.2) is 9.98 Å². The quantitative estimate of drug-likeness (QED) is 0.258. The minimum Gasteiger partial charge on any atom is -0.480 e. The molecule has 11 nitrogen and oxygen atoms in total. The molecule has 3 rings (SSSR count). The van der Waals surface area contributed by atoms with Crippen molar-refractivity contribution < 1.29 is 24.9 Å². The van der Waals surface area contributed by atoms with Crippen molar-refractivity contribution in [1.29, 1.82) is 0 Å². The van der Waals surface area contributed by atoms with Crippen LogP contribution in [0.2, 0.25) is 0 Å². The molecule has 0 spiro atoms. The lowest BCUT2D eigenvalue weighted by Crippen LogP contribution is -2.54. The number of amidine groups is 1. The lowest BCUT2D eigenvalue weighted by molar-refractivity contribution is -0.139. The zero-order valence-corrected chi connectivity index (χ0v) is 15.7. The summed E-state index contributed by atoms with van der Waals surface area (Å²) in [6.07, 6.45) is -2.44. The van der Waals surface area contributed by atoms with Crippen LogP contribution < -0.4 is 11.1 Å². The number of ether oxygens (including phenoxy) is 1. The molecule has 1 unspecified atom stereocenters. The summed E-state index contributed by atoms with van der Waals surface area (Å²) in [6, 6.07) is -0.812. The van der Waals surface area contributed by atoms with Gasteiger partial charge in [-0.15, -0.1) is 0 Å². The maximum absolute atomic E-state index is 11.2. The monoisotopic (exact) mass is 400 g/mol. The molecule has 6 N–H and O–H groups in total. The number of fused-ring (bicyclic) bond motifs is 1. The molecule has 1 saturated heterocycles. The Kier molecular flexibility index (Phi) is 5.84. The van der Waals surface area contributed by atoms with Gasteiger partial charge in [0.15, 0.2) is 17.7 Å². The predicted molar refractivity (Wildman–Crippen MR) is 101 cm³/mol. The van der Waals surface area contributed by atoms with E-state index < -0.39 is 42.2 Å². The number of nitrogens with two attached hydrogens (primary N) is 1. The van der Waals surface area contributed by atoms with E-state index in [0.29, 0.717) is 23.7 Å². The molecule has 27 heavy (non-hydrogen) atoms. The van der Waals surface area contributed by atoms with Crippen LogP contribution in [-0.2, 0) is 9.53 Å². The number of aliphatic hydroxyl groups is 2. The standard InChI is InChI=1S/C15H24N6O5S/c1-15(16)11-12(18-5-20-15)21(6-19-11)13-10(23)9(22)8(26-13)4-17-7(2-3-27)14(24)25/h5,7-10,13,17,22-23,27H,2-4,6,16H2,1H3,(H,24,25)/t7-,8+,9+,10+,13+,15?/m0/s1. The van der Waals surface area contributed by atoms with E-state index in [2.05, 4.69) is 32.9 Å². The summed E-state index contributed by atoms with van der Waals surface area (Å²) in [4.78, 5) is 25.4. The molecular formula is C15H24N6O5S. The highest BCUT2D eigenvalue weighted by molar-refractivity contribution is 7.80. The number of carboxylic acids is 1. The van der Waals surface area contributed by atoms with E-state index in [1.54, 1.807) is 11.8 Å². The molecule has 3 heterocycles. The fourth-order valence-corrected chi connectivity index (χ4v) is 3.52. The summed E-state index contributed by atoms with van der Waals surface area (Å²) in [5.41, 5.74) is 5.56. The molecule has 0 aliphatic carbocycles. The van der Waals surface area contributed by atoms with Crippen LogP contribution in [0, 0.1) is 0 Å². The van der Waals surface area contributed by atoms with Crippen LogP contribution in [0.25, 0.3) is 0 Å². The van der Waals surface area contributed by atoms with Crippen molar-refractivity contribution in [3.05, 3.63) is 0 Å². The van der Waals surface area contributed by atoms with Crippen LogP contribution in [0.1, 0.15) is 13.3 Å². The first-order valence-electron chi connectivity index (χ1n) is 8.57. The second-order valence-electron chi connectivity index (χ2n) is 6.82. The first-order valence-corrected chi connectivity index (χ1v) is 9.20. The number of rotatable bonds is 7. The van der Waals surface area contributed by atoms with Crippen LogP contribution in [0.15, 0.2) is 15.0 Å². The largest absolute Gasteiger partial charge is 0.480 e. The van der Waals surface area contributed by atoms with Gasteiger partial charge >= 0.3 is 5.97 Å². The highest BCUT2D eigenvalue weighted by Crippen LogP contribution is 2.28. The van der Waals surface area contributed by atoms with Gasteiger partial charge in [-0.1, -0.05) is 0 Å². The van der Waals surface area contributed by atoms with E-state index in [-0.39, 0.29) is 13.2 Å². The number of carbonyl (C=O) groups is 1. The van der Waals surface area contributed by atoms with Gasteiger partial charge in [0.2, 0.25) is 0 Å². The van der Waals surface area contributed by atoms with Crippen LogP contribution >= 0.6 is 12.6 Å². The maximum atomic E-state index is 11.2. The van der Waals surface area contributed by atoms with Gasteiger partial charge in [0.05, 0.1) is 0 Å². The van der Waals surface area contributed by atoms with E-state index in [0.717, 1.165) is 0 Å². The second-order valence-corrected chi connectivity index (χ2v) is 7.27. The highest BCUT2D eigenvalue weighted by atomic mass is 32.1. The highest BCUT2D eigenvalue weighted by Gasteiger charge is 2.49. The lowest BCUT2D eigenvalue weighted by atomic mass is 10.1. The average molecular weight is 400 g/mol. The van der Waals surface area contributed by atoms with Crippen molar-refractivity contribution in [3.63, 3.8) is 0 Å². The molecule has 0 radical (unpaired) electrons. The van der Waals surface area contributed by atoms with Gasteiger partial charge < -0.3 is 36.0 Å². The van der Waals surface area contributed by atoms with Gasteiger partial charge in [-0.05, 0) is 19.1 Å². The molecule has 6 atom stereocenters. The van der Waals surface area contributed by atoms with Crippen LogP contribution in [0.3, 0.4) is 0 Å². The Bertz CT molecular complexity index is 684. The third kappa shape index (κ3) is 3.86. The number of thiol groups is 1. The summed E-state index contributed by atoms with van der Waals surface area (Å²) < 4.78 is 5.81. The minimum absolute atomic E-state index is 0.0591. The third-order valence-corrected chi connectivity index (χ3v) is 5.03. The molecule has 0 saturated carbocycles. The number of aliphatic carboxylic acids is 1. The topological polar surface area (TPSA) is 165 Å². The lowest BCUT2D eigenvalue weighted by Gasteiger charge is -2.30. The molecule has 0 aromatic rings. The number of carboxylic acid groups (broad SMARTS) is 1. The smallest absolute Gasteiger partial charge is 0.320 e. The van der Waals surface area contributed by atoms with Gasteiger partial charge in [-0.2, -0.15) is 12.6 Å². The molecule has 0 amide bonds. The SMILES string of the molecule is CC1(N)N=CN=C2C1=NCN2[C@@H]1O[C@H](CN[C@@H](CCS)C(=O)O)[C@@H](O)[C@H]1O. The summed E-state index contributed by atoms with van der Waals surface area (Å²) in [6.45, 7) is 1.92. The van der Waals surface area contributed by atoms with Gasteiger partial charge in [0.1, 0.15) is 43.1 Å². The Labute approximate surface area is 161 Å². The zero-order valence-electron chi connectivity index (χ0n) is 14.8. The molecule has 0 bridgehead atoms. The van der Waals surface area contributed by atoms with Crippen LogP contribution in [0.4, 0.5) is 0 Å². The molecule has 150 valence electrons. The number of aliphatic hydroxyl groups excluding tert-OH is 2. The van der Waals surface area contributed by atoms with Crippen LogP contribution in [0.5, 0.6) is 0 Å². The molecule has 0 aromatic heterocycles. The van der Waals surface area contributed by atoms with Crippen molar-refractivity contribution in [2.45, 2.75) is 49.6 Å². The Morgan fingerprint density at radius 3 is 2.96 bits per heavy atom. The van der Waals surface area contributed by atoms with Crippen molar-refractivity contribution in [3.8, 4) is 0 Å². The Morgan fingerprint density at radius 2 is 2.30 bits per heavy atom. The maximum Gasteiger partial charge on any atom is 0.320 e. The zero-order chi connectivity index (χ0) is 19.8. The molecule has 1 fully saturated rings. The van der Waals surface area contributed by atoms with Crippen LogP contribution in [-0.4, -0.2) is 99.3 Å². The van der Waals surface area contributed by atoms with E-state index in [1.807, 2.05) is 0 Å². The summed E-state index contributed by atoms with van der Waals surface area (Å²) in [7, 11) is 0. The second kappa shape index (κ2) is 7.81. The van der Waals surface area contributed by atoms with E-state index in [1.165, 1.54) is 6.34 Å². The number of aliphatic imine (C=N–C) groups is 3. The van der Waals surface area contributed by atoms with E-state index >= 15 is 0 Å². The Hall–Kier alpha value is -1.57. The van der Waals surface area contributed by atoms with Gasteiger partial charge in [0.25, 0.3) is 0 Å². The first-order chi connectivity index (χ1) is 12.8. The minimum atomic E-state index is -1.22. The first kappa shape index (κ1) is 20.2. The van der Waals surface area contributed by atoms with E-state index in [9.17, 15) is 20.1 Å². The summed E-state index contributed by atoms with van der Waals surface area (Å²) in [5, 5.41) is 32.8. The fraction of sp³-hybridized carbons (Fsp3) is 0.733. The summed E-state index contributed by atoms with van der Waals surface area (Å²) in [5.74, 6) is -0.168. The third-order valence-electron chi connectivity index (χ3n) is 4.78. The predicted octanol–water partition coefficient (Wildman–Crippen LogP) is -2.37. The van der Waals surface area contributed by atoms with Gasteiger partial charge in [-0.3, -0.25) is 9.79 Å².